The van der Waals surface area contributed by atoms with Gasteiger partial charge in [0.05, 0.1) is 22.0 Å². The predicted molar refractivity (Wildman–Crippen MR) is 98.7 cm³/mol. The number of anilines is 2. The first-order chi connectivity index (χ1) is 11.2. The zero-order valence-corrected chi connectivity index (χ0v) is 15.5. The fraction of sp³-hybridized carbons (Fsp3) is 0.133. The standard InChI is InChI=1S/C15H13Cl3N2O3S/c1-24(22,23)20(12-6-7-13(17)14(18)8-12)9-15(21)19-11-4-2-10(16)3-5-11/h2-8H,9H2,1H3,(H,19,21). The molecule has 9 heteroatoms. The van der Waals surface area contributed by atoms with Gasteiger partial charge < -0.3 is 5.32 Å². The van der Waals surface area contributed by atoms with E-state index in [2.05, 4.69) is 5.32 Å². The average molecular weight is 408 g/mol. The molecule has 128 valence electrons. The van der Waals surface area contributed by atoms with Crippen LogP contribution in [-0.2, 0) is 14.8 Å². The Morgan fingerprint density at radius 3 is 2.21 bits per heavy atom. The Bertz CT molecular complexity index is 855. The van der Waals surface area contributed by atoms with E-state index in [-0.39, 0.29) is 10.7 Å². The van der Waals surface area contributed by atoms with E-state index < -0.39 is 22.5 Å². The van der Waals surface area contributed by atoms with E-state index in [9.17, 15) is 13.2 Å². The number of halogens is 3. The lowest BCUT2D eigenvalue weighted by atomic mass is 10.3. The van der Waals surface area contributed by atoms with Crippen LogP contribution in [-0.4, -0.2) is 27.1 Å². The fourth-order valence-corrected chi connectivity index (χ4v) is 3.17. The number of carbonyl (C=O) groups is 1. The maximum atomic E-state index is 12.2. The minimum Gasteiger partial charge on any atom is -0.325 e. The summed E-state index contributed by atoms with van der Waals surface area (Å²) in [7, 11) is -3.69. The van der Waals surface area contributed by atoms with E-state index in [1.54, 1.807) is 24.3 Å². The summed E-state index contributed by atoms with van der Waals surface area (Å²) in [4.78, 5) is 12.2. The summed E-state index contributed by atoms with van der Waals surface area (Å²) < 4.78 is 25.0. The molecule has 0 fully saturated rings. The van der Waals surface area contributed by atoms with Crippen molar-refractivity contribution >= 4 is 62.1 Å². The predicted octanol–water partition coefficient (Wildman–Crippen LogP) is 4.05. The molecule has 0 spiro atoms. The van der Waals surface area contributed by atoms with Crippen LogP contribution in [0.15, 0.2) is 42.5 Å². The Morgan fingerprint density at radius 2 is 1.67 bits per heavy atom. The fourth-order valence-electron chi connectivity index (χ4n) is 1.90. The quantitative estimate of drug-likeness (QED) is 0.813. The number of benzene rings is 2. The lowest BCUT2D eigenvalue weighted by Gasteiger charge is -2.22. The molecule has 0 aliphatic heterocycles. The molecule has 0 atom stereocenters. The minimum absolute atomic E-state index is 0.195. The topological polar surface area (TPSA) is 66.5 Å². The lowest BCUT2D eigenvalue weighted by Crippen LogP contribution is -2.37. The van der Waals surface area contributed by atoms with Crippen LogP contribution in [0.4, 0.5) is 11.4 Å². The smallest absolute Gasteiger partial charge is 0.245 e. The first-order valence-electron chi connectivity index (χ1n) is 6.65. The summed E-state index contributed by atoms with van der Waals surface area (Å²) >= 11 is 17.5. The molecule has 2 aromatic carbocycles. The Morgan fingerprint density at radius 1 is 1.04 bits per heavy atom. The van der Waals surface area contributed by atoms with Crippen molar-refractivity contribution in [3.05, 3.63) is 57.5 Å². The molecule has 0 saturated heterocycles. The van der Waals surface area contributed by atoms with Crippen LogP contribution in [0.5, 0.6) is 0 Å². The van der Waals surface area contributed by atoms with Crippen LogP contribution < -0.4 is 9.62 Å². The maximum Gasteiger partial charge on any atom is 0.245 e. The van der Waals surface area contributed by atoms with E-state index >= 15 is 0 Å². The van der Waals surface area contributed by atoms with Crippen molar-refractivity contribution < 1.29 is 13.2 Å². The molecule has 0 radical (unpaired) electrons. The monoisotopic (exact) mass is 406 g/mol. The number of rotatable bonds is 5. The zero-order valence-electron chi connectivity index (χ0n) is 12.5. The molecular formula is C15H13Cl3N2O3S. The lowest BCUT2D eigenvalue weighted by molar-refractivity contribution is -0.114. The summed E-state index contributed by atoms with van der Waals surface area (Å²) in [6.07, 6.45) is 1.01. The second kappa shape index (κ2) is 7.61. The van der Waals surface area contributed by atoms with Gasteiger partial charge in [-0.25, -0.2) is 8.42 Å². The van der Waals surface area contributed by atoms with E-state index in [0.717, 1.165) is 10.6 Å². The van der Waals surface area contributed by atoms with Crippen LogP contribution in [0.1, 0.15) is 0 Å². The second-order valence-electron chi connectivity index (χ2n) is 4.92. The third-order valence-electron chi connectivity index (χ3n) is 3.01. The number of sulfonamides is 1. The van der Waals surface area contributed by atoms with Gasteiger partial charge in [0.15, 0.2) is 0 Å². The van der Waals surface area contributed by atoms with Gasteiger partial charge in [0.1, 0.15) is 6.54 Å². The number of hydrogen-bond donors (Lipinski definition) is 1. The average Bonchev–Trinajstić information content (AvgIpc) is 2.49. The highest BCUT2D eigenvalue weighted by molar-refractivity contribution is 7.92. The second-order valence-corrected chi connectivity index (χ2v) is 8.08. The summed E-state index contributed by atoms with van der Waals surface area (Å²) in [6.45, 7) is -0.403. The summed E-state index contributed by atoms with van der Waals surface area (Å²) in [6, 6.07) is 10.8. The van der Waals surface area contributed by atoms with Crippen molar-refractivity contribution in [2.24, 2.45) is 0 Å². The Kier molecular flexibility index (Phi) is 5.98. The van der Waals surface area contributed by atoms with Gasteiger partial charge in [0.2, 0.25) is 15.9 Å². The summed E-state index contributed by atoms with van der Waals surface area (Å²) in [5, 5.41) is 3.62. The molecule has 0 heterocycles. The van der Waals surface area contributed by atoms with E-state index in [1.807, 2.05) is 0 Å². The van der Waals surface area contributed by atoms with Crippen molar-refractivity contribution in [3.8, 4) is 0 Å². The molecule has 24 heavy (non-hydrogen) atoms. The number of nitrogens with one attached hydrogen (secondary N) is 1. The summed E-state index contributed by atoms with van der Waals surface area (Å²) in [5.74, 6) is -0.506. The van der Waals surface area contributed by atoms with Crippen LogP contribution in [0, 0.1) is 0 Å². The zero-order chi connectivity index (χ0) is 17.9. The van der Waals surface area contributed by atoms with Crippen LogP contribution in [0.25, 0.3) is 0 Å². The normalized spacial score (nSPS) is 11.2. The van der Waals surface area contributed by atoms with Gasteiger partial charge in [-0.05, 0) is 42.5 Å². The van der Waals surface area contributed by atoms with Crippen molar-refractivity contribution in [3.63, 3.8) is 0 Å². The first kappa shape index (κ1) is 18.9. The van der Waals surface area contributed by atoms with Gasteiger partial charge in [-0.2, -0.15) is 0 Å². The Labute approximate surface area is 155 Å². The summed E-state index contributed by atoms with van der Waals surface area (Å²) in [5.41, 5.74) is 0.755. The molecule has 5 nitrogen and oxygen atoms in total. The van der Waals surface area contributed by atoms with Gasteiger partial charge in [0.25, 0.3) is 0 Å². The number of amides is 1. The molecule has 0 aliphatic carbocycles. The van der Waals surface area contributed by atoms with E-state index in [4.69, 9.17) is 34.8 Å². The molecule has 0 aromatic heterocycles. The van der Waals surface area contributed by atoms with Gasteiger partial charge in [-0.3, -0.25) is 9.10 Å². The van der Waals surface area contributed by atoms with Crippen molar-refractivity contribution in [2.45, 2.75) is 0 Å². The Balaban J connectivity index is 2.21. The third kappa shape index (κ3) is 5.01. The van der Waals surface area contributed by atoms with Gasteiger partial charge in [-0.15, -0.1) is 0 Å². The first-order valence-corrected chi connectivity index (χ1v) is 9.63. The molecule has 2 rings (SSSR count). The van der Waals surface area contributed by atoms with Gasteiger partial charge >= 0.3 is 0 Å². The Hall–Kier alpha value is -1.47. The van der Waals surface area contributed by atoms with Crippen LogP contribution >= 0.6 is 34.8 Å². The third-order valence-corrected chi connectivity index (χ3v) is 5.14. The number of hydrogen-bond acceptors (Lipinski definition) is 3. The van der Waals surface area contributed by atoms with Gasteiger partial charge in [0, 0.05) is 10.7 Å². The van der Waals surface area contributed by atoms with Crippen molar-refractivity contribution in [2.75, 3.05) is 22.4 Å². The van der Waals surface area contributed by atoms with Crippen LogP contribution in [0.2, 0.25) is 15.1 Å². The van der Waals surface area contributed by atoms with Crippen molar-refractivity contribution in [1.82, 2.24) is 0 Å². The van der Waals surface area contributed by atoms with Gasteiger partial charge in [-0.1, -0.05) is 34.8 Å². The molecule has 1 amide bonds. The molecule has 0 saturated carbocycles. The SMILES string of the molecule is CS(=O)(=O)N(CC(=O)Nc1ccc(Cl)cc1)c1ccc(Cl)c(Cl)c1. The van der Waals surface area contributed by atoms with Crippen LogP contribution in [0.3, 0.4) is 0 Å². The van der Waals surface area contributed by atoms with E-state index in [1.165, 1.54) is 18.2 Å². The molecule has 0 aliphatic rings. The highest BCUT2D eigenvalue weighted by Gasteiger charge is 2.21. The molecular weight excluding hydrogens is 395 g/mol. The maximum absolute atomic E-state index is 12.2. The number of carbonyl (C=O) groups excluding carboxylic acids is 1. The molecule has 2 aromatic rings. The van der Waals surface area contributed by atoms with E-state index in [0.29, 0.717) is 15.7 Å². The molecule has 0 bridgehead atoms. The minimum atomic E-state index is -3.69. The largest absolute Gasteiger partial charge is 0.325 e. The number of nitrogens with zero attached hydrogens (tertiary/aromatic N) is 1. The van der Waals surface area contributed by atoms with Crippen molar-refractivity contribution in [1.29, 1.82) is 0 Å². The molecule has 1 N–H and O–H groups in total. The highest BCUT2D eigenvalue weighted by Crippen LogP contribution is 2.28. The molecule has 0 unspecified atom stereocenters. The highest BCUT2D eigenvalue weighted by atomic mass is 35.5.